The summed E-state index contributed by atoms with van der Waals surface area (Å²) in [5.41, 5.74) is 4.90. The van der Waals surface area contributed by atoms with Crippen LogP contribution in [0.2, 0.25) is 0 Å². The Labute approximate surface area is 189 Å². The number of rotatable bonds is 7. The Hall–Kier alpha value is -3.21. The predicted octanol–water partition coefficient (Wildman–Crippen LogP) is 5.63. The van der Waals surface area contributed by atoms with Crippen molar-refractivity contribution in [3.8, 4) is 0 Å². The molecule has 0 spiro atoms. The van der Waals surface area contributed by atoms with Crippen molar-refractivity contribution in [2.24, 2.45) is 5.92 Å². The highest BCUT2D eigenvalue weighted by Gasteiger charge is 2.32. The van der Waals surface area contributed by atoms with Crippen molar-refractivity contribution >= 4 is 22.5 Å². The van der Waals surface area contributed by atoms with Crippen molar-refractivity contribution in [2.45, 2.75) is 45.7 Å². The largest absolute Gasteiger partial charge is 0.346 e. The smallest absolute Gasteiger partial charge is 0.223 e. The van der Waals surface area contributed by atoms with Gasteiger partial charge in [-0.15, -0.1) is 0 Å². The second-order valence-corrected chi connectivity index (χ2v) is 8.64. The molecule has 0 radical (unpaired) electrons. The fourth-order valence-corrected chi connectivity index (χ4v) is 4.75. The summed E-state index contributed by atoms with van der Waals surface area (Å²) in [6.45, 7) is 9.59. The van der Waals surface area contributed by atoms with Gasteiger partial charge in [0, 0.05) is 31.7 Å². The van der Waals surface area contributed by atoms with Crippen molar-refractivity contribution in [1.82, 2.24) is 14.5 Å². The summed E-state index contributed by atoms with van der Waals surface area (Å²) in [5, 5.41) is 0. The number of carbonyl (C=O) groups excluding carboxylic acids is 1. The number of hydrogen-bond acceptors (Lipinski definition) is 2. The molecule has 32 heavy (non-hydrogen) atoms. The minimum Gasteiger partial charge on any atom is -0.346 e. The van der Waals surface area contributed by atoms with E-state index in [0.29, 0.717) is 18.8 Å². The Morgan fingerprint density at radius 1 is 1.28 bits per heavy atom. The lowest BCUT2D eigenvalue weighted by Gasteiger charge is -2.21. The highest BCUT2D eigenvalue weighted by atomic mass is 19.1. The summed E-state index contributed by atoms with van der Waals surface area (Å²) in [6.07, 6.45) is 7.89. The molecule has 5 heteroatoms. The first-order valence-corrected chi connectivity index (χ1v) is 11.3. The summed E-state index contributed by atoms with van der Waals surface area (Å²) in [7, 11) is 0. The van der Waals surface area contributed by atoms with Crippen LogP contribution in [0.4, 0.5) is 4.39 Å². The van der Waals surface area contributed by atoms with Crippen LogP contribution in [-0.4, -0.2) is 32.9 Å². The predicted molar refractivity (Wildman–Crippen MR) is 128 cm³/mol. The number of fused-ring (bicyclic) bond motifs is 1. The van der Waals surface area contributed by atoms with E-state index >= 15 is 0 Å². The number of hydrogen-bond donors (Lipinski definition) is 0. The Balaban J connectivity index is 1.40. The molecule has 0 bridgehead atoms. The number of carbonyl (C=O) groups is 1. The van der Waals surface area contributed by atoms with E-state index in [2.05, 4.69) is 36.4 Å². The van der Waals surface area contributed by atoms with Gasteiger partial charge in [0.25, 0.3) is 0 Å². The second kappa shape index (κ2) is 9.51. The number of nitrogens with zero attached hydrogens (tertiary/aromatic N) is 3. The van der Waals surface area contributed by atoms with E-state index in [1.165, 1.54) is 12.1 Å². The normalized spacial score (nSPS) is 19.0. The summed E-state index contributed by atoms with van der Waals surface area (Å²) < 4.78 is 15.6. The van der Waals surface area contributed by atoms with Gasteiger partial charge in [0.2, 0.25) is 5.91 Å². The summed E-state index contributed by atoms with van der Waals surface area (Å²) in [5.74, 6) is 0.297. The Morgan fingerprint density at radius 2 is 2.12 bits per heavy atom. The molecule has 3 aromatic rings. The summed E-state index contributed by atoms with van der Waals surface area (Å²) in [6, 6.07) is 12.9. The van der Waals surface area contributed by atoms with Crippen molar-refractivity contribution in [2.75, 3.05) is 6.54 Å². The molecule has 1 amide bonds. The maximum Gasteiger partial charge on any atom is 0.223 e. The van der Waals surface area contributed by atoms with Crippen LogP contribution in [0.15, 0.2) is 67.4 Å². The van der Waals surface area contributed by atoms with Crippen molar-refractivity contribution in [3.63, 3.8) is 0 Å². The standard InChI is InChI=1S/C27H30FN3O/c1-4-22(5-2)24-10-11-26-25(29-24)13-14-30(26)17-21-15-19(3)31(18-21)27(32)12-9-20-7-6-8-23(28)16-20/h4-8,10-11,13-14,16,19,21H,1,9,12,15,17-18H2,2-3H3/b22-5+. The molecule has 1 aliphatic rings. The third kappa shape index (κ3) is 4.67. The van der Waals surface area contributed by atoms with E-state index in [1.54, 1.807) is 6.07 Å². The van der Waals surface area contributed by atoms with Crippen LogP contribution in [-0.2, 0) is 17.8 Å². The Kier molecular flexibility index (Phi) is 6.54. The fraction of sp³-hybridized carbons (Fsp3) is 0.333. The summed E-state index contributed by atoms with van der Waals surface area (Å²) >= 11 is 0. The van der Waals surface area contributed by atoms with E-state index < -0.39 is 0 Å². The minimum absolute atomic E-state index is 0.149. The number of pyridine rings is 1. The molecule has 4 nitrogen and oxygen atoms in total. The van der Waals surface area contributed by atoms with Gasteiger partial charge in [-0.3, -0.25) is 4.79 Å². The molecule has 0 saturated carbocycles. The second-order valence-electron chi connectivity index (χ2n) is 8.64. The molecule has 0 aliphatic carbocycles. The molecule has 1 aromatic carbocycles. The van der Waals surface area contributed by atoms with Gasteiger partial charge in [-0.2, -0.15) is 0 Å². The Morgan fingerprint density at radius 3 is 2.88 bits per heavy atom. The van der Waals surface area contributed by atoms with Gasteiger partial charge < -0.3 is 9.47 Å². The third-order valence-electron chi connectivity index (χ3n) is 6.40. The maximum absolute atomic E-state index is 13.4. The van der Waals surface area contributed by atoms with Crippen molar-refractivity contribution in [3.05, 3.63) is 84.5 Å². The molecule has 3 heterocycles. The van der Waals surface area contributed by atoms with Crippen LogP contribution in [0.1, 0.15) is 37.9 Å². The first-order chi connectivity index (χ1) is 15.5. The van der Waals surface area contributed by atoms with Crippen molar-refractivity contribution < 1.29 is 9.18 Å². The van der Waals surface area contributed by atoms with Gasteiger partial charge in [0.15, 0.2) is 0 Å². The lowest BCUT2D eigenvalue weighted by Crippen LogP contribution is -2.34. The molecule has 4 rings (SSSR count). The zero-order chi connectivity index (χ0) is 22.7. The number of allylic oxidation sites excluding steroid dienone is 3. The number of halogens is 1. The topological polar surface area (TPSA) is 38.1 Å². The SMILES string of the molecule is C=C/C(=C\C)c1ccc2c(ccn2CC2CC(C)N(C(=O)CCc3cccc(F)c3)C2)n1. The number of aromatic nitrogens is 2. The molecular weight excluding hydrogens is 401 g/mol. The zero-order valence-electron chi connectivity index (χ0n) is 18.8. The van der Waals surface area contributed by atoms with Gasteiger partial charge in [-0.1, -0.05) is 30.9 Å². The number of aryl methyl sites for hydroxylation is 1. The first kappa shape index (κ1) is 22.0. The first-order valence-electron chi connectivity index (χ1n) is 11.3. The number of amides is 1. The Bertz CT molecular complexity index is 1160. The lowest BCUT2D eigenvalue weighted by molar-refractivity contribution is -0.131. The van der Waals surface area contributed by atoms with E-state index in [4.69, 9.17) is 4.98 Å². The molecule has 1 fully saturated rings. The van der Waals surface area contributed by atoms with E-state index in [-0.39, 0.29) is 17.8 Å². The third-order valence-corrected chi connectivity index (χ3v) is 6.40. The number of likely N-dealkylation sites (tertiary alicyclic amines) is 1. The van der Waals surface area contributed by atoms with Crippen LogP contribution >= 0.6 is 0 Å². The van der Waals surface area contributed by atoms with Crippen LogP contribution in [0.3, 0.4) is 0 Å². The quantitative estimate of drug-likeness (QED) is 0.455. The molecule has 2 atom stereocenters. The number of benzene rings is 1. The molecule has 166 valence electrons. The summed E-state index contributed by atoms with van der Waals surface area (Å²) in [4.78, 5) is 19.6. The van der Waals surface area contributed by atoms with Gasteiger partial charge in [0.05, 0.1) is 16.7 Å². The molecule has 1 saturated heterocycles. The molecular formula is C27H30FN3O. The average molecular weight is 432 g/mol. The van der Waals surface area contributed by atoms with Crippen LogP contribution < -0.4 is 0 Å². The van der Waals surface area contributed by atoms with Gasteiger partial charge >= 0.3 is 0 Å². The van der Waals surface area contributed by atoms with Crippen LogP contribution in [0, 0.1) is 11.7 Å². The molecule has 2 unspecified atom stereocenters. The molecule has 1 aliphatic heterocycles. The van der Waals surface area contributed by atoms with Gasteiger partial charge in [-0.05, 0) is 74.1 Å². The fourth-order valence-electron chi connectivity index (χ4n) is 4.75. The van der Waals surface area contributed by atoms with Crippen LogP contribution in [0.5, 0.6) is 0 Å². The molecule has 2 aromatic heterocycles. The molecule has 0 N–H and O–H groups in total. The maximum atomic E-state index is 13.4. The van der Waals surface area contributed by atoms with Gasteiger partial charge in [0.1, 0.15) is 5.82 Å². The average Bonchev–Trinajstić information content (AvgIpc) is 3.36. The highest BCUT2D eigenvalue weighted by Crippen LogP contribution is 2.27. The van der Waals surface area contributed by atoms with Crippen LogP contribution in [0.25, 0.3) is 16.6 Å². The zero-order valence-corrected chi connectivity index (χ0v) is 18.8. The monoisotopic (exact) mass is 431 g/mol. The highest BCUT2D eigenvalue weighted by molar-refractivity contribution is 5.81. The van der Waals surface area contributed by atoms with E-state index in [0.717, 1.165) is 47.4 Å². The lowest BCUT2D eigenvalue weighted by atomic mass is 10.1. The van der Waals surface area contributed by atoms with E-state index in [9.17, 15) is 9.18 Å². The van der Waals surface area contributed by atoms with E-state index in [1.807, 2.05) is 36.1 Å². The minimum atomic E-state index is -0.253. The van der Waals surface area contributed by atoms with Crippen molar-refractivity contribution in [1.29, 1.82) is 0 Å². The van der Waals surface area contributed by atoms with Gasteiger partial charge in [-0.25, -0.2) is 9.37 Å².